The van der Waals surface area contributed by atoms with E-state index in [2.05, 4.69) is 4.57 Å². The fraction of sp³-hybridized carbons (Fsp3) is 0. The van der Waals surface area contributed by atoms with Gasteiger partial charge in [0.2, 0.25) is 0 Å². The van der Waals surface area contributed by atoms with Crippen LogP contribution in [0.1, 0.15) is 11.0 Å². The summed E-state index contributed by atoms with van der Waals surface area (Å²) in [5.41, 5.74) is 4.76. The molecule has 0 aliphatic carbocycles. The number of hydrogen-bond donors (Lipinski definition) is 0. The second-order valence-electron chi connectivity index (χ2n) is 14.6. The predicted molar refractivity (Wildman–Crippen MR) is 249 cm³/mol. The van der Waals surface area contributed by atoms with Crippen LogP contribution in [0, 0.1) is 0 Å². The molecule has 276 valence electrons. The molecule has 2 aromatic heterocycles. The molecular formula is C56H36N2O. The molecule has 3 nitrogen and oxygen atoms in total. The topological polar surface area (TPSA) is 21.3 Å². The molecular weight excluding hydrogens is 717 g/mol. The zero-order chi connectivity index (χ0) is 45.8. The molecule has 0 saturated heterocycles. The Hall–Kier alpha value is -7.88. The Balaban J connectivity index is 1.17. The first-order chi connectivity index (χ1) is 32.6. The molecule has 2 heterocycles. The van der Waals surface area contributed by atoms with Crippen LogP contribution >= 0.6 is 0 Å². The SMILES string of the molecule is [2H]c1c([2H])c(N(c2c([2H])c([2H])c(-c3cccc4c3c3ccccc3n4-c3ccccc3)c([2H])c2[2H])c2cccc3oc4c5ccccc5ccc4c23)c([2H])c([2H])c1-c1cccc2ccccc12. The van der Waals surface area contributed by atoms with Crippen molar-refractivity contribution < 1.29 is 15.4 Å². The molecule has 0 aliphatic heterocycles. The van der Waals surface area contributed by atoms with Crippen molar-refractivity contribution in [1.29, 1.82) is 0 Å². The number of para-hydroxylation sites is 2. The van der Waals surface area contributed by atoms with E-state index in [9.17, 15) is 11.0 Å². The van der Waals surface area contributed by atoms with Crippen LogP contribution in [-0.4, -0.2) is 4.57 Å². The number of rotatable bonds is 6. The van der Waals surface area contributed by atoms with Crippen molar-refractivity contribution in [3.05, 3.63) is 218 Å². The molecule has 0 unspecified atom stereocenters. The lowest BCUT2D eigenvalue weighted by Crippen LogP contribution is -2.10. The van der Waals surface area contributed by atoms with Crippen molar-refractivity contribution in [3.8, 4) is 27.9 Å². The highest BCUT2D eigenvalue weighted by Crippen LogP contribution is 2.46. The molecule has 0 atom stereocenters. The van der Waals surface area contributed by atoms with Gasteiger partial charge in [-0.2, -0.15) is 0 Å². The maximum Gasteiger partial charge on any atom is 0.143 e. The molecule has 0 N–H and O–H groups in total. The second kappa shape index (κ2) is 13.4. The van der Waals surface area contributed by atoms with Crippen molar-refractivity contribution in [2.24, 2.45) is 0 Å². The Bertz CT molecular complexity index is 3980. The minimum absolute atomic E-state index is 0.0876. The Labute approximate surface area is 352 Å². The van der Waals surface area contributed by atoms with Crippen LogP contribution in [0.3, 0.4) is 0 Å². The van der Waals surface area contributed by atoms with Gasteiger partial charge >= 0.3 is 0 Å². The van der Waals surface area contributed by atoms with Gasteiger partial charge in [0.05, 0.1) is 33.1 Å². The van der Waals surface area contributed by atoms with Gasteiger partial charge in [0.15, 0.2) is 0 Å². The molecule has 10 aromatic carbocycles. The molecule has 0 fully saturated rings. The lowest BCUT2D eigenvalue weighted by Gasteiger charge is -2.27. The van der Waals surface area contributed by atoms with Crippen LogP contribution in [0.15, 0.2) is 223 Å². The van der Waals surface area contributed by atoms with Gasteiger partial charge in [-0.05, 0) is 105 Å². The summed E-state index contributed by atoms with van der Waals surface area (Å²) in [5.74, 6) is 0. The third-order valence-corrected chi connectivity index (χ3v) is 11.3. The highest BCUT2D eigenvalue weighted by atomic mass is 16.3. The molecule has 0 bridgehead atoms. The lowest BCUT2D eigenvalue weighted by molar-refractivity contribution is 0.672. The number of nitrogens with zero attached hydrogens (tertiary/aromatic N) is 2. The predicted octanol–water partition coefficient (Wildman–Crippen LogP) is 15.8. The molecule has 59 heavy (non-hydrogen) atoms. The number of benzene rings is 10. The van der Waals surface area contributed by atoms with Gasteiger partial charge < -0.3 is 13.9 Å². The van der Waals surface area contributed by atoms with Crippen molar-refractivity contribution >= 4 is 82.4 Å². The van der Waals surface area contributed by atoms with E-state index < -0.39 is 24.2 Å². The van der Waals surface area contributed by atoms with E-state index >= 15 is 0 Å². The summed E-state index contributed by atoms with van der Waals surface area (Å²) in [6.07, 6.45) is 0. The summed E-state index contributed by atoms with van der Waals surface area (Å²) in [6.45, 7) is 0. The third kappa shape index (κ3) is 5.29. The second-order valence-corrected chi connectivity index (χ2v) is 14.6. The van der Waals surface area contributed by atoms with E-state index in [-0.39, 0.29) is 46.7 Å². The highest BCUT2D eigenvalue weighted by molar-refractivity contribution is 6.20. The maximum atomic E-state index is 9.94. The number of hydrogen-bond acceptors (Lipinski definition) is 2. The van der Waals surface area contributed by atoms with Gasteiger partial charge in [0.25, 0.3) is 0 Å². The Kier molecular flexibility index (Phi) is 5.92. The molecule has 0 radical (unpaired) electrons. The summed E-state index contributed by atoms with van der Waals surface area (Å²) in [4.78, 5) is 1.38. The third-order valence-electron chi connectivity index (χ3n) is 11.3. The first kappa shape index (κ1) is 26.1. The summed E-state index contributed by atoms with van der Waals surface area (Å²) in [7, 11) is 0. The van der Waals surface area contributed by atoms with Crippen LogP contribution in [0.5, 0.6) is 0 Å². The van der Waals surface area contributed by atoms with Gasteiger partial charge in [0.1, 0.15) is 11.2 Å². The minimum Gasteiger partial charge on any atom is -0.455 e. The molecule has 3 heteroatoms. The van der Waals surface area contributed by atoms with Crippen LogP contribution < -0.4 is 4.90 Å². The average Bonchev–Trinajstić information content (AvgIpc) is 3.92. The number of anilines is 3. The van der Waals surface area contributed by atoms with Crippen molar-refractivity contribution in [2.45, 2.75) is 0 Å². The molecule has 0 amide bonds. The smallest absolute Gasteiger partial charge is 0.143 e. The molecule has 12 aromatic rings. The van der Waals surface area contributed by atoms with E-state index in [1.54, 1.807) is 24.3 Å². The summed E-state index contributed by atoms with van der Waals surface area (Å²) in [5, 5.41) is 6.30. The van der Waals surface area contributed by atoms with Gasteiger partial charge in [-0.25, -0.2) is 0 Å². The lowest BCUT2D eigenvalue weighted by atomic mass is 9.97. The Morgan fingerprint density at radius 2 is 0.983 bits per heavy atom. The average molecular weight is 761 g/mol. The van der Waals surface area contributed by atoms with Crippen LogP contribution in [0.25, 0.3) is 93.2 Å². The van der Waals surface area contributed by atoms with E-state index in [0.29, 0.717) is 38.8 Å². The first-order valence-electron chi connectivity index (χ1n) is 23.5. The van der Waals surface area contributed by atoms with Crippen molar-refractivity contribution in [3.63, 3.8) is 0 Å². The fourth-order valence-electron chi connectivity index (χ4n) is 8.71. The summed E-state index contributed by atoms with van der Waals surface area (Å²) < 4.78 is 87.1. The monoisotopic (exact) mass is 760 g/mol. The standard InChI is InChI=1S/C56H36N2O/c1-2-16-41(17-3-1)58-50-23-9-8-20-48(50)54-46(22-11-24-51(54)58)40-29-34-43(35-30-40)57(42-32-27-39(28-33-42)45-21-10-15-37-13-4-6-18-44(37)45)52-25-12-26-53-55(52)49-36-31-38-14-5-7-19-47(38)56(49)59-53/h1-36H/i27D,28D,29D,30D,32D,33D,34D,35D. The zero-order valence-corrected chi connectivity index (χ0v) is 31.5. The van der Waals surface area contributed by atoms with E-state index in [1.165, 1.54) is 4.90 Å². The number of fused-ring (bicyclic) bond motifs is 9. The van der Waals surface area contributed by atoms with Gasteiger partial charge in [-0.3, -0.25) is 0 Å². The number of furan rings is 1. The van der Waals surface area contributed by atoms with Crippen molar-refractivity contribution in [1.82, 2.24) is 4.57 Å². The van der Waals surface area contributed by atoms with Crippen LogP contribution in [-0.2, 0) is 0 Å². The highest BCUT2D eigenvalue weighted by Gasteiger charge is 2.22. The first-order valence-corrected chi connectivity index (χ1v) is 19.5. The minimum atomic E-state index is -0.426. The Morgan fingerprint density at radius 3 is 1.76 bits per heavy atom. The van der Waals surface area contributed by atoms with E-state index in [0.717, 1.165) is 49.0 Å². The van der Waals surface area contributed by atoms with Gasteiger partial charge in [0, 0.05) is 38.6 Å². The zero-order valence-electron chi connectivity index (χ0n) is 39.5. The Morgan fingerprint density at radius 1 is 0.407 bits per heavy atom. The molecule has 0 saturated carbocycles. The molecule has 12 rings (SSSR count). The van der Waals surface area contributed by atoms with Crippen LogP contribution in [0.4, 0.5) is 17.1 Å². The van der Waals surface area contributed by atoms with E-state index in [1.807, 2.05) is 146 Å². The largest absolute Gasteiger partial charge is 0.455 e. The summed E-state index contributed by atoms with van der Waals surface area (Å²) in [6, 6.07) is 50.7. The van der Waals surface area contributed by atoms with Gasteiger partial charge in [-0.15, -0.1) is 0 Å². The number of aromatic nitrogens is 1. The normalized spacial score (nSPS) is 13.6. The summed E-state index contributed by atoms with van der Waals surface area (Å²) >= 11 is 0. The quantitative estimate of drug-likeness (QED) is 0.168. The fourth-order valence-corrected chi connectivity index (χ4v) is 8.71. The van der Waals surface area contributed by atoms with E-state index in [4.69, 9.17) is 4.42 Å². The molecule has 0 spiro atoms. The molecule has 0 aliphatic rings. The van der Waals surface area contributed by atoms with Gasteiger partial charge in [-0.1, -0.05) is 152 Å². The van der Waals surface area contributed by atoms with Crippen LogP contribution in [0.2, 0.25) is 0 Å². The van der Waals surface area contributed by atoms with Crippen molar-refractivity contribution in [2.75, 3.05) is 4.90 Å². The maximum absolute atomic E-state index is 9.94.